The molecule has 6 heteroatoms. The molecule has 5 nitrogen and oxygen atoms in total. The van der Waals surface area contributed by atoms with Gasteiger partial charge in [-0.3, -0.25) is 19.4 Å². The highest BCUT2D eigenvalue weighted by atomic mass is 35.5. The quantitative estimate of drug-likeness (QED) is 0.781. The molecule has 1 saturated heterocycles. The smallest absolute Gasteiger partial charge is 0.260 e. The highest BCUT2D eigenvalue weighted by molar-refractivity contribution is 6.09. The molecule has 0 atom stereocenters. The molecule has 3 rings (SSSR count). The van der Waals surface area contributed by atoms with Gasteiger partial charge >= 0.3 is 0 Å². The predicted octanol–water partition coefficient (Wildman–Crippen LogP) is 0.966. The van der Waals surface area contributed by atoms with Gasteiger partial charge in [0.15, 0.2) is 0 Å². The molecular formula is C15H19ClN2O3. The Kier molecular flexibility index (Phi) is 5.33. The number of carbonyl (C=O) groups excluding carboxylic acids is 2. The molecule has 0 saturated carbocycles. The zero-order valence-electron chi connectivity index (χ0n) is 11.8. The first kappa shape index (κ1) is 15.9. The lowest BCUT2D eigenvalue weighted by atomic mass is 9.98. The van der Waals surface area contributed by atoms with Gasteiger partial charge in [-0.1, -0.05) is 18.2 Å². The topological polar surface area (TPSA) is 49.9 Å². The molecular weight excluding hydrogens is 292 g/mol. The third kappa shape index (κ3) is 3.43. The number of carbonyl (C=O) groups is 2. The van der Waals surface area contributed by atoms with E-state index in [4.69, 9.17) is 4.74 Å². The van der Waals surface area contributed by atoms with Crippen LogP contribution in [0.2, 0.25) is 0 Å². The second-order valence-corrected chi connectivity index (χ2v) is 5.14. The maximum Gasteiger partial charge on any atom is 0.260 e. The van der Waals surface area contributed by atoms with Crippen LogP contribution < -0.4 is 0 Å². The van der Waals surface area contributed by atoms with Gasteiger partial charge < -0.3 is 4.74 Å². The first-order valence-electron chi connectivity index (χ1n) is 6.98. The van der Waals surface area contributed by atoms with Crippen molar-refractivity contribution in [3.05, 3.63) is 35.4 Å². The molecule has 0 aliphatic carbocycles. The minimum absolute atomic E-state index is 0. The standard InChI is InChI=1S/C15H18N2O3.ClH/c18-14-11-12-3-1-2-4-13(12)15(19)17(14)6-5-16-7-9-20-10-8-16;/h1-4H,5-11H2;1H. The number of hydrogen-bond acceptors (Lipinski definition) is 4. The van der Waals surface area contributed by atoms with E-state index < -0.39 is 0 Å². The predicted molar refractivity (Wildman–Crippen MR) is 80.7 cm³/mol. The SMILES string of the molecule is Cl.O=C1Cc2ccccc2C(=O)N1CCN1CCOCC1. The lowest BCUT2D eigenvalue weighted by Gasteiger charge is -2.31. The Morgan fingerprint density at radius 2 is 1.76 bits per heavy atom. The first-order valence-corrected chi connectivity index (χ1v) is 6.98. The Labute approximate surface area is 130 Å². The molecule has 0 N–H and O–H groups in total. The summed E-state index contributed by atoms with van der Waals surface area (Å²) >= 11 is 0. The maximum atomic E-state index is 12.4. The fourth-order valence-electron chi connectivity index (χ4n) is 2.69. The summed E-state index contributed by atoms with van der Waals surface area (Å²) in [6.45, 7) is 4.38. The number of nitrogens with zero attached hydrogens (tertiary/aromatic N) is 2. The molecule has 1 aromatic carbocycles. The number of imide groups is 1. The van der Waals surface area contributed by atoms with Crippen LogP contribution in [-0.4, -0.2) is 61.0 Å². The average Bonchev–Trinajstić information content (AvgIpc) is 2.48. The van der Waals surface area contributed by atoms with Crippen molar-refractivity contribution in [3.63, 3.8) is 0 Å². The van der Waals surface area contributed by atoms with Crippen molar-refractivity contribution in [2.45, 2.75) is 6.42 Å². The van der Waals surface area contributed by atoms with Crippen molar-refractivity contribution in [2.75, 3.05) is 39.4 Å². The summed E-state index contributed by atoms with van der Waals surface area (Å²) in [6.07, 6.45) is 0.324. The highest BCUT2D eigenvalue weighted by Gasteiger charge is 2.30. The second-order valence-electron chi connectivity index (χ2n) is 5.14. The van der Waals surface area contributed by atoms with Crippen LogP contribution in [0.3, 0.4) is 0 Å². The van der Waals surface area contributed by atoms with E-state index in [1.165, 1.54) is 4.90 Å². The van der Waals surface area contributed by atoms with E-state index in [9.17, 15) is 9.59 Å². The summed E-state index contributed by atoms with van der Waals surface area (Å²) in [5.41, 5.74) is 1.50. The number of amides is 2. The van der Waals surface area contributed by atoms with Gasteiger partial charge in [0, 0.05) is 31.7 Å². The van der Waals surface area contributed by atoms with Crippen LogP contribution in [0, 0.1) is 0 Å². The van der Waals surface area contributed by atoms with Gasteiger partial charge in [-0.15, -0.1) is 12.4 Å². The molecule has 1 aromatic rings. The van der Waals surface area contributed by atoms with Crippen molar-refractivity contribution in [1.29, 1.82) is 0 Å². The molecule has 0 unspecified atom stereocenters. The molecule has 2 aliphatic rings. The number of fused-ring (bicyclic) bond motifs is 1. The normalized spacial score (nSPS) is 19.1. The van der Waals surface area contributed by atoms with Crippen LogP contribution in [0.1, 0.15) is 15.9 Å². The van der Waals surface area contributed by atoms with Crippen molar-refractivity contribution in [3.8, 4) is 0 Å². The number of morpholine rings is 1. The van der Waals surface area contributed by atoms with Gasteiger partial charge in [-0.05, 0) is 11.6 Å². The molecule has 114 valence electrons. The largest absolute Gasteiger partial charge is 0.379 e. The molecule has 0 spiro atoms. The van der Waals surface area contributed by atoms with E-state index in [0.29, 0.717) is 18.5 Å². The number of ether oxygens (including phenoxy) is 1. The van der Waals surface area contributed by atoms with Crippen molar-refractivity contribution in [1.82, 2.24) is 9.80 Å². The van der Waals surface area contributed by atoms with E-state index in [1.807, 2.05) is 18.2 Å². The Bertz CT molecular complexity index is 529. The molecule has 0 bridgehead atoms. The van der Waals surface area contributed by atoms with Gasteiger partial charge in [-0.2, -0.15) is 0 Å². The summed E-state index contributed by atoms with van der Waals surface area (Å²) in [5.74, 6) is -0.257. The molecule has 0 radical (unpaired) electrons. The third-order valence-electron chi connectivity index (χ3n) is 3.88. The van der Waals surface area contributed by atoms with Gasteiger partial charge in [-0.25, -0.2) is 0 Å². The van der Waals surface area contributed by atoms with E-state index >= 15 is 0 Å². The fourth-order valence-corrected chi connectivity index (χ4v) is 2.69. The van der Waals surface area contributed by atoms with Gasteiger partial charge in [0.05, 0.1) is 19.6 Å². The first-order chi connectivity index (χ1) is 9.75. The Balaban J connectivity index is 0.00000161. The van der Waals surface area contributed by atoms with Crippen LogP contribution in [0.5, 0.6) is 0 Å². The van der Waals surface area contributed by atoms with Crippen LogP contribution >= 0.6 is 12.4 Å². The summed E-state index contributed by atoms with van der Waals surface area (Å²) in [6, 6.07) is 7.35. The van der Waals surface area contributed by atoms with Gasteiger partial charge in [0.1, 0.15) is 0 Å². The number of benzene rings is 1. The van der Waals surface area contributed by atoms with E-state index in [-0.39, 0.29) is 24.2 Å². The zero-order valence-corrected chi connectivity index (χ0v) is 12.6. The fraction of sp³-hybridized carbons (Fsp3) is 0.467. The van der Waals surface area contributed by atoms with E-state index in [0.717, 1.165) is 38.4 Å². The molecule has 0 aromatic heterocycles. The summed E-state index contributed by atoms with van der Waals surface area (Å²) in [4.78, 5) is 28.1. The summed E-state index contributed by atoms with van der Waals surface area (Å²) < 4.78 is 5.29. The van der Waals surface area contributed by atoms with Crippen LogP contribution in [-0.2, 0) is 16.0 Å². The summed E-state index contributed by atoms with van der Waals surface area (Å²) in [5, 5.41) is 0. The number of rotatable bonds is 3. The van der Waals surface area contributed by atoms with Crippen molar-refractivity contribution in [2.24, 2.45) is 0 Å². The lowest BCUT2D eigenvalue weighted by molar-refractivity contribution is -0.128. The number of halogens is 1. The van der Waals surface area contributed by atoms with Crippen LogP contribution in [0.4, 0.5) is 0 Å². The number of hydrogen-bond donors (Lipinski definition) is 0. The minimum atomic E-state index is -0.162. The molecule has 2 heterocycles. The molecule has 21 heavy (non-hydrogen) atoms. The Morgan fingerprint density at radius 1 is 1.05 bits per heavy atom. The molecule has 2 amide bonds. The Hall–Kier alpha value is -1.43. The molecule has 2 aliphatic heterocycles. The minimum Gasteiger partial charge on any atom is -0.379 e. The van der Waals surface area contributed by atoms with Gasteiger partial charge in [0.2, 0.25) is 5.91 Å². The summed E-state index contributed by atoms with van der Waals surface area (Å²) in [7, 11) is 0. The van der Waals surface area contributed by atoms with Crippen LogP contribution in [0.15, 0.2) is 24.3 Å². The Morgan fingerprint density at radius 3 is 2.52 bits per heavy atom. The maximum absolute atomic E-state index is 12.4. The van der Waals surface area contributed by atoms with Crippen LogP contribution in [0.25, 0.3) is 0 Å². The highest BCUT2D eigenvalue weighted by Crippen LogP contribution is 2.19. The zero-order chi connectivity index (χ0) is 13.9. The van der Waals surface area contributed by atoms with Crippen molar-refractivity contribution < 1.29 is 14.3 Å². The monoisotopic (exact) mass is 310 g/mol. The molecule has 1 fully saturated rings. The average molecular weight is 311 g/mol. The second kappa shape index (κ2) is 7.02. The lowest BCUT2D eigenvalue weighted by Crippen LogP contribution is -2.47. The third-order valence-corrected chi connectivity index (χ3v) is 3.88. The van der Waals surface area contributed by atoms with E-state index in [1.54, 1.807) is 6.07 Å². The van der Waals surface area contributed by atoms with Crippen molar-refractivity contribution >= 4 is 24.2 Å². The van der Waals surface area contributed by atoms with E-state index in [2.05, 4.69) is 4.90 Å². The van der Waals surface area contributed by atoms with Gasteiger partial charge in [0.25, 0.3) is 5.91 Å².